The lowest BCUT2D eigenvalue weighted by Crippen LogP contribution is -2.22. The van der Waals surface area contributed by atoms with Crippen molar-refractivity contribution in [3.8, 4) is 0 Å². The van der Waals surface area contributed by atoms with E-state index in [-0.39, 0.29) is 19.3 Å². The molecule has 0 rings (SSSR count). The van der Waals surface area contributed by atoms with E-state index in [0.29, 0.717) is 26.4 Å². The normalized spacial score (nSPS) is 12.2. The number of hydrogen-bond donors (Lipinski definition) is 0. The first-order valence-electron chi connectivity index (χ1n) is 5.68. The Morgan fingerprint density at radius 2 is 1.88 bits per heavy atom. The van der Waals surface area contributed by atoms with Gasteiger partial charge < -0.3 is 23.7 Å². The van der Waals surface area contributed by atoms with Crippen LogP contribution in [-0.4, -0.2) is 59.0 Å². The van der Waals surface area contributed by atoms with Crippen LogP contribution in [0.1, 0.15) is 13.8 Å². The Morgan fingerprint density at radius 3 is 2.53 bits per heavy atom. The molecule has 0 N–H and O–H groups in total. The molecule has 6 heteroatoms. The van der Waals surface area contributed by atoms with Crippen LogP contribution in [0.3, 0.4) is 0 Å². The van der Waals surface area contributed by atoms with Crippen molar-refractivity contribution in [2.45, 2.75) is 20.0 Å². The van der Waals surface area contributed by atoms with Gasteiger partial charge in [0.25, 0.3) is 0 Å². The Kier molecular flexibility index (Phi) is 11.0. The highest BCUT2D eigenvalue weighted by atomic mass is 16.7. The third-order valence-electron chi connectivity index (χ3n) is 1.78. The van der Waals surface area contributed by atoms with Crippen LogP contribution in [0.15, 0.2) is 0 Å². The number of carbonyl (C=O) groups excluding carboxylic acids is 1. The van der Waals surface area contributed by atoms with Gasteiger partial charge in [0.2, 0.25) is 0 Å². The van der Waals surface area contributed by atoms with Gasteiger partial charge in [-0.1, -0.05) is 0 Å². The van der Waals surface area contributed by atoms with Crippen LogP contribution in [0, 0.1) is 0 Å². The van der Waals surface area contributed by atoms with E-state index >= 15 is 0 Å². The van der Waals surface area contributed by atoms with Gasteiger partial charge >= 0.3 is 6.16 Å². The molecule has 0 bridgehead atoms. The lowest BCUT2D eigenvalue weighted by molar-refractivity contribution is -0.0266. The highest BCUT2D eigenvalue weighted by Gasteiger charge is 2.08. The molecule has 0 saturated carbocycles. The van der Waals surface area contributed by atoms with Crippen molar-refractivity contribution in [2.24, 2.45) is 0 Å². The maximum Gasteiger partial charge on any atom is 0.508 e. The summed E-state index contributed by atoms with van der Waals surface area (Å²) in [7, 11) is 1.60. The Bertz CT molecular complexity index is 185. The number of hydrogen-bond acceptors (Lipinski definition) is 6. The molecule has 0 aliphatic carbocycles. The molecule has 0 heterocycles. The molecule has 0 aliphatic heterocycles. The minimum absolute atomic E-state index is 0.164. The first-order valence-corrected chi connectivity index (χ1v) is 5.68. The number of carbonyl (C=O) groups is 1. The molecule has 0 aromatic carbocycles. The molecule has 0 saturated heterocycles. The van der Waals surface area contributed by atoms with Crippen LogP contribution in [-0.2, 0) is 23.7 Å². The molecule has 0 aromatic heterocycles. The minimum Gasteiger partial charge on any atom is -0.432 e. The van der Waals surface area contributed by atoms with Gasteiger partial charge in [-0.15, -0.1) is 0 Å². The van der Waals surface area contributed by atoms with E-state index in [1.165, 1.54) is 0 Å². The van der Waals surface area contributed by atoms with E-state index in [1.807, 2.05) is 13.8 Å². The van der Waals surface area contributed by atoms with E-state index in [1.54, 1.807) is 7.11 Å². The molecule has 0 amide bonds. The van der Waals surface area contributed by atoms with Crippen LogP contribution in [0.25, 0.3) is 0 Å². The van der Waals surface area contributed by atoms with E-state index in [9.17, 15) is 4.79 Å². The second kappa shape index (κ2) is 11.6. The molecule has 17 heavy (non-hydrogen) atoms. The summed E-state index contributed by atoms with van der Waals surface area (Å²) in [6, 6.07) is 0. The van der Waals surface area contributed by atoms with Crippen molar-refractivity contribution in [1.82, 2.24) is 0 Å². The predicted octanol–water partition coefficient (Wildman–Crippen LogP) is 1.23. The van der Waals surface area contributed by atoms with Crippen LogP contribution < -0.4 is 0 Å². The summed E-state index contributed by atoms with van der Waals surface area (Å²) in [4.78, 5) is 11.1. The third-order valence-corrected chi connectivity index (χ3v) is 1.78. The van der Waals surface area contributed by atoms with Crippen LogP contribution in [0.2, 0.25) is 0 Å². The standard InChI is InChI=1S/C11H22O6/c1-4-14-6-8-16-11(12)17-9-10(2)15-7-5-13-3/h10H,4-9H2,1-3H3. The summed E-state index contributed by atoms with van der Waals surface area (Å²) in [6.07, 6.45) is -0.878. The van der Waals surface area contributed by atoms with Gasteiger partial charge in [-0.25, -0.2) is 4.79 Å². The van der Waals surface area contributed by atoms with Gasteiger partial charge in [0, 0.05) is 13.7 Å². The molecule has 0 spiro atoms. The summed E-state index contributed by atoms with van der Waals surface area (Å²) in [5.74, 6) is 0. The van der Waals surface area contributed by atoms with Crippen molar-refractivity contribution in [1.29, 1.82) is 0 Å². The first kappa shape index (κ1) is 16.1. The van der Waals surface area contributed by atoms with E-state index in [4.69, 9.17) is 23.7 Å². The summed E-state index contributed by atoms with van der Waals surface area (Å²) < 4.78 is 24.7. The van der Waals surface area contributed by atoms with Gasteiger partial charge in [0.05, 0.1) is 25.9 Å². The average molecular weight is 250 g/mol. The van der Waals surface area contributed by atoms with E-state index in [2.05, 4.69) is 0 Å². The summed E-state index contributed by atoms with van der Waals surface area (Å²) in [5, 5.41) is 0. The SMILES string of the molecule is CCOCCOC(=O)OCC(C)OCCOC. The molecule has 1 unspecified atom stereocenters. The van der Waals surface area contributed by atoms with Gasteiger partial charge in [-0.2, -0.15) is 0 Å². The highest BCUT2D eigenvalue weighted by molar-refractivity contribution is 5.59. The van der Waals surface area contributed by atoms with E-state index < -0.39 is 6.16 Å². The molecular weight excluding hydrogens is 228 g/mol. The van der Waals surface area contributed by atoms with Crippen molar-refractivity contribution < 1.29 is 28.5 Å². The Balaban J connectivity index is 3.36. The Labute approximate surface area is 102 Å². The Hall–Kier alpha value is -0.850. The molecule has 102 valence electrons. The monoisotopic (exact) mass is 250 g/mol. The zero-order valence-electron chi connectivity index (χ0n) is 10.8. The summed E-state index contributed by atoms with van der Waals surface area (Å²) >= 11 is 0. The largest absolute Gasteiger partial charge is 0.508 e. The Morgan fingerprint density at radius 1 is 1.12 bits per heavy atom. The van der Waals surface area contributed by atoms with Crippen molar-refractivity contribution in [3.05, 3.63) is 0 Å². The minimum atomic E-state index is -0.702. The second-order valence-corrected chi connectivity index (χ2v) is 3.28. The predicted molar refractivity (Wildman–Crippen MR) is 61.1 cm³/mol. The third kappa shape index (κ3) is 11.4. The molecule has 0 aromatic rings. The molecule has 6 nitrogen and oxygen atoms in total. The van der Waals surface area contributed by atoms with Crippen molar-refractivity contribution in [2.75, 3.05) is 46.8 Å². The fraction of sp³-hybridized carbons (Fsp3) is 0.909. The molecule has 1 atom stereocenters. The average Bonchev–Trinajstić information content (AvgIpc) is 2.32. The van der Waals surface area contributed by atoms with E-state index in [0.717, 1.165) is 0 Å². The molecular formula is C11H22O6. The van der Waals surface area contributed by atoms with Crippen molar-refractivity contribution in [3.63, 3.8) is 0 Å². The zero-order chi connectivity index (χ0) is 12.9. The smallest absolute Gasteiger partial charge is 0.432 e. The lowest BCUT2D eigenvalue weighted by Gasteiger charge is -2.13. The van der Waals surface area contributed by atoms with Crippen molar-refractivity contribution >= 4 is 6.16 Å². The van der Waals surface area contributed by atoms with Crippen LogP contribution in [0.5, 0.6) is 0 Å². The van der Waals surface area contributed by atoms with Gasteiger partial charge in [0.15, 0.2) is 0 Å². The zero-order valence-corrected chi connectivity index (χ0v) is 10.8. The first-order chi connectivity index (χ1) is 8.20. The fourth-order valence-corrected chi connectivity index (χ4v) is 0.936. The summed E-state index contributed by atoms with van der Waals surface area (Å²) in [5.41, 5.74) is 0. The van der Waals surface area contributed by atoms with Gasteiger partial charge in [-0.3, -0.25) is 0 Å². The number of rotatable bonds is 10. The molecule has 0 aliphatic rings. The van der Waals surface area contributed by atoms with Crippen LogP contribution in [0.4, 0.5) is 4.79 Å². The second-order valence-electron chi connectivity index (χ2n) is 3.28. The molecule has 0 radical (unpaired) electrons. The molecule has 0 fully saturated rings. The fourth-order valence-electron chi connectivity index (χ4n) is 0.936. The quantitative estimate of drug-likeness (QED) is 0.429. The number of methoxy groups -OCH3 is 1. The van der Waals surface area contributed by atoms with Gasteiger partial charge in [-0.05, 0) is 13.8 Å². The summed E-state index contributed by atoms with van der Waals surface area (Å²) in [6.45, 7) is 6.01. The topological polar surface area (TPSA) is 63.2 Å². The lowest BCUT2D eigenvalue weighted by atomic mass is 10.4. The maximum absolute atomic E-state index is 11.1. The number of ether oxygens (including phenoxy) is 5. The highest BCUT2D eigenvalue weighted by Crippen LogP contribution is 1.94. The maximum atomic E-state index is 11.1. The van der Waals surface area contributed by atoms with Gasteiger partial charge in [0.1, 0.15) is 13.2 Å². The van der Waals surface area contributed by atoms with Crippen LogP contribution >= 0.6 is 0 Å².